The van der Waals surface area contributed by atoms with E-state index >= 15 is 0 Å². The van der Waals surface area contributed by atoms with Gasteiger partial charge >= 0.3 is 0 Å². The highest BCUT2D eigenvalue weighted by atomic mass is 35.5. The Morgan fingerprint density at radius 2 is 2.17 bits per heavy atom. The number of rotatable bonds is 5. The van der Waals surface area contributed by atoms with E-state index < -0.39 is 0 Å². The molecule has 3 nitrogen and oxygen atoms in total. The van der Waals surface area contributed by atoms with E-state index in [0.717, 1.165) is 35.1 Å². The third kappa shape index (κ3) is 3.12. The summed E-state index contributed by atoms with van der Waals surface area (Å²) < 4.78 is 0. The molecule has 1 aromatic carbocycles. The van der Waals surface area contributed by atoms with Gasteiger partial charge in [-0.3, -0.25) is 0 Å². The van der Waals surface area contributed by atoms with Gasteiger partial charge in [-0.05, 0) is 19.4 Å². The van der Waals surface area contributed by atoms with Gasteiger partial charge in [0.1, 0.15) is 5.82 Å². The number of halogens is 1. The highest BCUT2D eigenvalue weighted by molar-refractivity contribution is 6.33. The first-order chi connectivity index (χ1) is 8.70. The van der Waals surface area contributed by atoms with Crippen molar-refractivity contribution >= 4 is 11.6 Å². The predicted molar refractivity (Wildman–Crippen MR) is 75.6 cm³/mol. The molecule has 96 valence electrons. The molecule has 0 aliphatic rings. The fraction of sp³-hybridized carbons (Fsp3) is 0.357. The first-order valence-electron chi connectivity index (χ1n) is 6.23. The summed E-state index contributed by atoms with van der Waals surface area (Å²) in [5.41, 5.74) is 1.95. The predicted octanol–water partition coefficient (Wildman–Crippen LogP) is 3.62. The fourth-order valence-corrected chi connectivity index (χ4v) is 1.92. The maximum Gasteiger partial charge on any atom is 0.120 e. The van der Waals surface area contributed by atoms with Gasteiger partial charge in [-0.2, -0.15) is 0 Å². The van der Waals surface area contributed by atoms with Crippen LogP contribution in [0.4, 0.5) is 0 Å². The molecule has 0 aliphatic heterocycles. The summed E-state index contributed by atoms with van der Waals surface area (Å²) in [5, 5.41) is 4.14. The van der Waals surface area contributed by atoms with Gasteiger partial charge in [-0.15, -0.1) is 0 Å². The Hall–Kier alpha value is -1.32. The van der Waals surface area contributed by atoms with Crippen molar-refractivity contribution in [2.75, 3.05) is 0 Å². The number of benzene rings is 1. The summed E-state index contributed by atoms with van der Waals surface area (Å²) >= 11 is 6.15. The van der Waals surface area contributed by atoms with Crippen LogP contribution >= 0.6 is 11.6 Å². The van der Waals surface area contributed by atoms with Crippen molar-refractivity contribution in [1.82, 2.24) is 15.3 Å². The average Bonchev–Trinajstić information content (AvgIpc) is 2.85. The Labute approximate surface area is 113 Å². The number of aromatic nitrogens is 2. The quantitative estimate of drug-likeness (QED) is 0.865. The SMILES string of the molecule is CCC(C)NCc1ncc(-c2ccccc2Cl)[nH]1. The molecule has 0 amide bonds. The molecule has 1 aromatic heterocycles. The van der Waals surface area contributed by atoms with Gasteiger partial charge in [0.25, 0.3) is 0 Å². The van der Waals surface area contributed by atoms with E-state index in [4.69, 9.17) is 11.6 Å². The minimum absolute atomic E-state index is 0.499. The molecule has 0 fully saturated rings. The molecular formula is C14H18ClN3. The van der Waals surface area contributed by atoms with Gasteiger partial charge < -0.3 is 10.3 Å². The van der Waals surface area contributed by atoms with E-state index in [9.17, 15) is 0 Å². The van der Waals surface area contributed by atoms with Crippen LogP contribution in [-0.4, -0.2) is 16.0 Å². The van der Waals surface area contributed by atoms with E-state index in [1.165, 1.54) is 0 Å². The van der Waals surface area contributed by atoms with Crippen molar-refractivity contribution in [1.29, 1.82) is 0 Å². The largest absolute Gasteiger partial charge is 0.341 e. The molecule has 0 saturated carbocycles. The summed E-state index contributed by atoms with van der Waals surface area (Å²) in [6, 6.07) is 8.27. The number of aromatic amines is 1. The van der Waals surface area contributed by atoms with Crippen molar-refractivity contribution in [3.8, 4) is 11.3 Å². The first-order valence-corrected chi connectivity index (χ1v) is 6.60. The molecule has 1 unspecified atom stereocenters. The first kappa shape index (κ1) is 13.1. The van der Waals surface area contributed by atoms with Crippen LogP contribution < -0.4 is 5.32 Å². The summed E-state index contributed by atoms with van der Waals surface area (Å²) in [4.78, 5) is 7.65. The third-order valence-corrected chi connectivity index (χ3v) is 3.35. The Morgan fingerprint density at radius 3 is 2.89 bits per heavy atom. The number of H-pyrrole nitrogens is 1. The second kappa shape index (κ2) is 6.03. The van der Waals surface area contributed by atoms with Crippen LogP contribution in [0.1, 0.15) is 26.1 Å². The molecule has 0 radical (unpaired) electrons. The number of hydrogen-bond acceptors (Lipinski definition) is 2. The zero-order valence-corrected chi connectivity index (χ0v) is 11.5. The van der Waals surface area contributed by atoms with Crippen molar-refractivity contribution in [2.24, 2.45) is 0 Å². The highest BCUT2D eigenvalue weighted by Crippen LogP contribution is 2.25. The van der Waals surface area contributed by atoms with Gasteiger partial charge in [0.05, 0.1) is 18.4 Å². The van der Waals surface area contributed by atoms with Gasteiger partial charge in [0.15, 0.2) is 0 Å². The molecule has 0 aliphatic carbocycles. The van der Waals surface area contributed by atoms with Gasteiger partial charge in [0.2, 0.25) is 0 Å². The second-order valence-electron chi connectivity index (χ2n) is 4.41. The lowest BCUT2D eigenvalue weighted by Gasteiger charge is -2.09. The summed E-state index contributed by atoms with van der Waals surface area (Å²) in [7, 11) is 0. The maximum absolute atomic E-state index is 6.15. The van der Waals surface area contributed by atoms with E-state index in [-0.39, 0.29) is 0 Å². The Bertz CT molecular complexity index is 507. The number of nitrogens with one attached hydrogen (secondary N) is 2. The van der Waals surface area contributed by atoms with E-state index in [1.807, 2.05) is 30.5 Å². The van der Waals surface area contributed by atoms with E-state index in [0.29, 0.717) is 6.04 Å². The summed E-state index contributed by atoms with van der Waals surface area (Å²) in [6.07, 6.45) is 2.94. The lowest BCUT2D eigenvalue weighted by atomic mass is 10.2. The minimum atomic E-state index is 0.499. The molecule has 2 N–H and O–H groups in total. The number of nitrogens with zero attached hydrogens (tertiary/aromatic N) is 1. The zero-order chi connectivity index (χ0) is 13.0. The number of imidazole rings is 1. The molecule has 0 bridgehead atoms. The topological polar surface area (TPSA) is 40.7 Å². The van der Waals surface area contributed by atoms with E-state index in [2.05, 4.69) is 29.1 Å². The van der Waals surface area contributed by atoms with E-state index in [1.54, 1.807) is 0 Å². The molecular weight excluding hydrogens is 246 g/mol. The molecule has 4 heteroatoms. The van der Waals surface area contributed by atoms with Gasteiger partial charge in [-0.1, -0.05) is 36.7 Å². The third-order valence-electron chi connectivity index (χ3n) is 3.02. The normalized spacial score (nSPS) is 12.6. The highest BCUT2D eigenvalue weighted by Gasteiger charge is 2.07. The van der Waals surface area contributed by atoms with Crippen molar-refractivity contribution in [3.05, 3.63) is 41.3 Å². The Balaban J connectivity index is 2.09. The average molecular weight is 264 g/mol. The molecule has 2 rings (SSSR count). The van der Waals surface area contributed by atoms with Gasteiger partial charge in [-0.25, -0.2) is 4.98 Å². The van der Waals surface area contributed by atoms with Crippen molar-refractivity contribution in [2.45, 2.75) is 32.9 Å². The van der Waals surface area contributed by atoms with Crippen LogP contribution in [0.5, 0.6) is 0 Å². The van der Waals surface area contributed by atoms with Crippen molar-refractivity contribution in [3.63, 3.8) is 0 Å². The minimum Gasteiger partial charge on any atom is -0.341 e. The van der Waals surface area contributed by atoms with Crippen LogP contribution in [0.3, 0.4) is 0 Å². The van der Waals surface area contributed by atoms with Gasteiger partial charge in [0, 0.05) is 16.6 Å². The fourth-order valence-electron chi connectivity index (χ4n) is 1.68. The second-order valence-corrected chi connectivity index (χ2v) is 4.82. The molecule has 0 saturated heterocycles. The van der Waals surface area contributed by atoms with Crippen LogP contribution in [0.25, 0.3) is 11.3 Å². The lowest BCUT2D eigenvalue weighted by molar-refractivity contribution is 0.525. The zero-order valence-electron chi connectivity index (χ0n) is 10.7. The van der Waals surface area contributed by atoms with Crippen molar-refractivity contribution < 1.29 is 0 Å². The maximum atomic E-state index is 6.15. The number of hydrogen-bond donors (Lipinski definition) is 2. The standard InChI is InChI=1S/C14H18ClN3/c1-3-10(2)16-9-14-17-8-13(18-14)11-6-4-5-7-12(11)15/h4-8,10,16H,3,9H2,1-2H3,(H,17,18). The van der Waals surface area contributed by atoms with Crippen LogP contribution in [0.2, 0.25) is 5.02 Å². The molecule has 2 aromatic rings. The molecule has 1 heterocycles. The smallest absolute Gasteiger partial charge is 0.120 e. The summed E-state index contributed by atoms with van der Waals surface area (Å²) in [6.45, 7) is 5.08. The van der Waals surface area contributed by atoms with Crippen LogP contribution in [0, 0.1) is 0 Å². The Kier molecular flexibility index (Phi) is 4.39. The summed E-state index contributed by atoms with van der Waals surface area (Å²) in [5.74, 6) is 0.935. The monoisotopic (exact) mass is 263 g/mol. The Morgan fingerprint density at radius 1 is 1.39 bits per heavy atom. The lowest BCUT2D eigenvalue weighted by Crippen LogP contribution is -2.24. The molecule has 1 atom stereocenters. The molecule has 18 heavy (non-hydrogen) atoms. The van der Waals surface area contributed by atoms with Crippen LogP contribution in [0.15, 0.2) is 30.5 Å². The van der Waals surface area contributed by atoms with Crippen LogP contribution in [-0.2, 0) is 6.54 Å². The molecule has 0 spiro atoms.